The van der Waals surface area contributed by atoms with Gasteiger partial charge in [-0.25, -0.2) is 4.79 Å². The number of hydrogen-bond acceptors (Lipinski definition) is 4. The molecule has 2 rings (SSSR count). The Morgan fingerprint density at radius 1 is 1.50 bits per heavy atom. The van der Waals surface area contributed by atoms with Crippen molar-refractivity contribution >= 4 is 29.9 Å². The number of nitrogens with two attached hydrogens (primary N) is 1. The summed E-state index contributed by atoms with van der Waals surface area (Å²) in [4.78, 5) is 12.8. The Morgan fingerprint density at radius 3 is 2.81 bits per heavy atom. The molecule has 0 spiro atoms. The minimum atomic E-state index is -0.332. The van der Waals surface area contributed by atoms with Crippen LogP contribution in [-0.4, -0.2) is 26.4 Å². The maximum Gasteiger partial charge on any atom is 0.414 e. The van der Waals surface area contributed by atoms with Gasteiger partial charge in [-0.15, -0.1) is 12.4 Å². The number of anilines is 2. The fourth-order valence-electron chi connectivity index (χ4n) is 1.50. The number of amides is 1. The van der Waals surface area contributed by atoms with Gasteiger partial charge in [0.1, 0.15) is 12.4 Å². The number of carbonyl (C=O) groups excluding carboxylic acids is 1. The monoisotopic (exact) mass is 244 g/mol. The molecule has 1 heterocycles. The molecule has 0 radical (unpaired) electrons. The van der Waals surface area contributed by atoms with Crippen LogP contribution in [0.5, 0.6) is 5.75 Å². The zero-order valence-corrected chi connectivity index (χ0v) is 9.62. The van der Waals surface area contributed by atoms with E-state index in [2.05, 4.69) is 0 Å². The summed E-state index contributed by atoms with van der Waals surface area (Å²) in [7, 11) is 1.54. The third kappa shape index (κ3) is 2.14. The molecule has 1 saturated heterocycles. The number of halogens is 1. The molecule has 1 aromatic carbocycles. The van der Waals surface area contributed by atoms with E-state index in [0.29, 0.717) is 24.6 Å². The first kappa shape index (κ1) is 12.4. The third-order valence-electron chi connectivity index (χ3n) is 2.29. The number of nitrogen functional groups attached to an aromatic ring is 1. The van der Waals surface area contributed by atoms with Crippen molar-refractivity contribution in [2.24, 2.45) is 0 Å². The molecule has 0 bridgehead atoms. The lowest BCUT2D eigenvalue weighted by atomic mass is 10.2. The van der Waals surface area contributed by atoms with Crippen LogP contribution in [-0.2, 0) is 4.74 Å². The van der Waals surface area contributed by atoms with E-state index >= 15 is 0 Å². The molecule has 5 nitrogen and oxygen atoms in total. The maximum atomic E-state index is 11.3. The Balaban J connectivity index is 0.00000128. The van der Waals surface area contributed by atoms with Crippen LogP contribution in [0.15, 0.2) is 18.2 Å². The Labute approximate surface area is 99.5 Å². The van der Waals surface area contributed by atoms with Crippen LogP contribution < -0.4 is 15.4 Å². The molecule has 0 aromatic heterocycles. The summed E-state index contributed by atoms with van der Waals surface area (Å²) in [5.74, 6) is 0.562. The fraction of sp³-hybridized carbons (Fsp3) is 0.300. The lowest BCUT2D eigenvalue weighted by Crippen LogP contribution is -2.23. The summed E-state index contributed by atoms with van der Waals surface area (Å²) in [5, 5.41) is 0. The van der Waals surface area contributed by atoms with Gasteiger partial charge in [-0.2, -0.15) is 0 Å². The molecule has 0 aliphatic carbocycles. The number of hydrogen-bond donors (Lipinski definition) is 1. The molecule has 1 fully saturated rings. The molecule has 0 unspecified atom stereocenters. The molecule has 16 heavy (non-hydrogen) atoms. The Morgan fingerprint density at radius 2 is 2.25 bits per heavy atom. The van der Waals surface area contributed by atoms with Crippen molar-refractivity contribution in [1.29, 1.82) is 0 Å². The van der Waals surface area contributed by atoms with E-state index in [1.807, 2.05) is 0 Å². The molecule has 88 valence electrons. The van der Waals surface area contributed by atoms with E-state index in [1.165, 1.54) is 7.11 Å². The highest BCUT2D eigenvalue weighted by Crippen LogP contribution is 2.28. The van der Waals surface area contributed by atoms with Crippen molar-refractivity contribution in [3.63, 3.8) is 0 Å². The molecular formula is C10H13ClN2O3. The van der Waals surface area contributed by atoms with Crippen molar-refractivity contribution in [3.8, 4) is 5.75 Å². The van der Waals surface area contributed by atoms with Gasteiger partial charge in [0.25, 0.3) is 0 Å². The van der Waals surface area contributed by atoms with Crippen LogP contribution in [0.4, 0.5) is 16.2 Å². The second kappa shape index (κ2) is 4.94. The van der Waals surface area contributed by atoms with Gasteiger partial charge >= 0.3 is 6.09 Å². The number of rotatable bonds is 2. The van der Waals surface area contributed by atoms with Crippen LogP contribution in [0.1, 0.15) is 0 Å². The van der Waals surface area contributed by atoms with Gasteiger partial charge in [0.05, 0.1) is 25.0 Å². The second-order valence-corrected chi connectivity index (χ2v) is 3.19. The smallest absolute Gasteiger partial charge is 0.414 e. The number of ether oxygens (including phenoxy) is 2. The number of nitrogens with zero attached hydrogens (tertiary/aromatic N) is 1. The summed E-state index contributed by atoms with van der Waals surface area (Å²) < 4.78 is 9.92. The summed E-state index contributed by atoms with van der Waals surface area (Å²) >= 11 is 0. The average molecular weight is 245 g/mol. The Kier molecular flexibility index (Phi) is 3.84. The first-order valence-corrected chi connectivity index (χ1v) is 4.60. The van der Waals surface area contributed by atoms with Crippen molar-refractivity contribution in [1.82, 2.24) is 0 Å². The van der Waals surface area contributed by atoms with Gasteiger partial charge in [0.15, 0.2) is 0 Å². The van der Waals surface area contributed by atoms with Crippen molar-refractivity contribution in [3.05, 3.63) is 18.2 Å². The largest absolute Gasteiger partial charge is 0.495 e. The normalized spacial score (nSPS) is 14.3. The molecular weight excluding hydrogens is 232 g/mol. The highest BCUT2D eigenvalue weighted by atomic mass is 35.5. The fourth-order valence-corrected chi connectivity index (χ4v) is 1.50. The van der Waals surface area contributed by atoms with Gasteiger partial charge in [-0.05, 0) is 12.1 Å². The van der Waals surface area contributed by atoms with Crippen LogP contribution >= 0.6 is 12.4 Å². The zero-order valence-electron chi connectivity index (χ0n) is 8.80. The van der Waals surface area contributed by atoms with E-state index < -0.39 is 0 Å². The lowest BCUT2D eigenvalue weighted by molar-refractivity contribution is 0.181. The van der Waals surface area contributed by atoms with Gasteiger partial charge in [-0.3, -0.25) is 4.90 Å². The molecule has 1 aliphatic rings. The minimum Gasteiger partial charge on any atom is -0.495 e. The number of benzene rings is 1. The molecule has 1 aliphatic heterocycles. The first-order valence-electron chi connectivity index (χ1n) is 4.60. The SMILES string of the molecule is COc1cc(N2CCOC2=O)ccc1N.Cl. The van der Waals surface area contributed by atoms with Gasteiger partial charge < -0.3 is 15.2 Å². The molecule has 6 heteroatoms. The predicted octanol–water partition coefficient (Wildman–Crippen LogP) is 1.66. The van der Waals surface area contributed by atoms with E-state index in [0.717, 1.165) is 5.69 Å². The summed E-state index contributed by atoms with van der Waals surface area (Å²) in [5.41, 5.74) is 6.96. The van der Waals surface area contributed by atoms with Gasteiger partial charge in [-0.1, -0.05) is 0 Å². The van der Waals surface area contributed by atoms with Gasteiger partial charge in [0.2, 0.25) is 0 Å². The van der Waals surface area contributed by atoms with Crippen LogP contribution in [0.3, 0.4) is 0 Å². The summed E-state index contributed by atoms with van der Waals surface area (Å²) in [6.45, 7) is 0.984. The Hall–Kier alpha value is -1.62. The van der Waals surface area contributed by atoms with Crippen LogP contribution in [0, 0.1) is 0 Å². The maximum absolute atomic E-state index is 11.3. The van der Waals surface area contributed by atoms with Crippen molar-refractivity contribution in [2.45, 2.75) is 0 Å². The van der Waals surface area contributed by atoms with Crippen LogP contribution in [0.25, 0.3) is 0 Å². The molecule has 1 amide bonds. The number of carbonyl (C=O) groups is 1. The Bertz CT molecular complexity index is 398. The van der Waals surface area contributed by atoms with E-state index in [4.69, 9.17) is 15.2 Å². The van der Waals surface area contributed by atoms with E-state index in [9.17, 15) is 4.79 Å². The summed E-state index contributed by atoms with van der Waals surface area (Å²) in [6, 6.07) is 5.20. The minimum absolute atomic E-state index is 0. The third-order valence-corrected chi connectivity index (χ3v) is 2.29. The predicted molar refractivity (Wildman–Crippen MR) is 63.3 cm³/mol. The molecule has 1 aromatic rings. The second-order valence-electron chi connectivity index (χ2n) is 3.19. The van der Waals surface area contributed by atoms with Gasteiger partial charge in [0, 0.05) is 6.07 Å². The highest BCUT2D eigenvalue weighted by molar-refractivity contribution is 5.90. The topological polar surface area (TPSA) is 64.8 Å². The number of cyclic esters (lactones) is 1. The van der Waals surface area contributed by atoms with Crippen molar-refractivity contribution < 1.29 is 14.3 Å². The average Bonchev–Trinajstić information content (AvgIpc) is 2.65. The van der Waals surface area contributed by atoms with Crippen LogP contribution in [0.2, 0.25) is 0 Å². The molecule has 2 N–H and O–H groups in total. The highest BCUT2D eigenvalue weighted by Gasteiger charge is 2.23. The number of methoxy groups -OCH3 is 1. The summed E-state index contributed by atoms with van der Waals surface area (Å²) in [6.07, 6.45) is -0.332. The lowest BCUT2D eigenvalue weighted by Gasteiger charge is -2.14. The molecule has 0 saturated carbocycles. The molecule has 0 atom stereocenters. The standard InChI is InChI=1S/C10H12N2O3.ClH/c1-14-9-6-7(2-3-8(9)11)12-4-5-15-10(12)13;/h2-3,6H,4-5,11H2,1H3;1H. The quantitative estimate of drug-likeness (QED) is 0.804. The van der Waals surface area contributed by atoms with Crippen molar-refractivity contribution in [2.75, 3.05) is 30.9 Å². The zero-order chi connectivity index (χ0) is 10.8. The van der Waals surface area contributed by atoms with E-state index in [-0.39, 0.29) is 18.5 Å². The van der Waals surface area contributed by atoms with E-state index in [1.54, 1.807) is 23.1 Å². The first-order chi connectivity index (χ1) is 7.22.